The molecule has 1 saturated heterocycles. The average Bonchev–Trinajstić information content (AvgIpc) is 2.64. The molecule has 0 spiro atoms. The van der Waals surface area contributed by atoms with Crippen molar-refractivity contribution < 1.29 is 13.9 Å². The Morgan fingerprint density at radius 3 is 2.18 bits per heavy atom. The number of hydrogen-bond acceptors (Lipinski definition) is 5. The van der Waals surface area contributed by atoms with Crippen molar-refractivity contribution in [3.05, 3.63) is 57.1 Å². The van der Waals surface area contributed by atoms with Crippen molar-refractivity contribution in [2.75, 3.05) is 31.1 Å². The number of amides is 1. The lowest BCUT2D eigenvalue weighted by atomic mass is 10.2. The molecule has 0 bridgehead atoms. The first-order valence-electron chi connectivity index (χ1n) is 8.99. The van der Waals surface area contributed by atoms with E-state index in [2.05, 4.69) is 4.90 Å². The molecule has 150 valence electrons. The predicted molar refractivity (Wildman–Crippen MR) is 103 cm³/mol. The van der Waals surface area contributed by atoms with Crippen LogP contribution >= 0.6 is 0 Å². The molecule has 8 nitrogen and oxygen atoms in total. The largest absolute Gasteiger partial charge is 0.444 e. The van der Waals surface area contributed by atoms with Crippen molar-refractivity contribution in [2.24, 2.45) is 0 Å². The van der Waals surface area contributed by atoms with Gasteiger partial charge in [0, 0.05) is 31.9 Å². The van der Waals surface area contributed by atoms with Crippen LogP contribution in [0.15, 0.2) is 40.1 Å². The maximum absolute atomic E-state index is 13.5. The van der Waals surface area contributed by atoms with Gasteiger partial charge in [-0.1, -0.05) is 0 Å². The number of hydrogen-bond donors (Lipinski definition) is 1. The van der Waals surface area contributed by atoms with Crippen LogP contribution < -0.4 is 16.1 Å². The van der Waals surface area contributed by atoms with Crippen LogP contribution in [0.3, 0.4) is 0 Å². The summed E-state index contributed by atoms with van der Waals surface area (Å²) in [7, 11) is 0. The summed E-state index contributed by atoms with van der Waals surface area (Å²) in [5.41, 5.74) is -0.906. The van der Waals surface area contributed by atoms with E-state index in [0.717, 1.165) is 16.5 Å². The topological polar surface area (TPSA) is 87.6 Å². The number of carbonyl (C=O) groups is 1. The number of nitrogens with zero attached hydrogens (tertiary/aromatic N) is 3. The molecule has 1 aromatic carbocycles. The van der Waals surface area contributed by atoms with E-state index in [9.17, 15) is 18.8 Å². The number of anilines is 1. The SMILES string of the molecule is CC(C)(C)OC(=O)N1CCN(c2ccc(-n3cc(F)c(=O)[nH]c3=O)cc2)CC1. The van der Waals surface area contributed by atoms with Crippen molar-refractivity contribution in [3.63, 3.8) is 0 Å². The van der Waals surface area contributed by atoms with E-state index in [1.807, 2.05) is 37.9 Å². The van der Waals surface area contributed by atoms with E-state index in [1.54, 1.807) is 17.0 Å². The molecular formula is C19H23FN4O4. The summed E-state index contributed by atoms with van der Waals surface area (Å²) in [6.45, 7) is 7.88. The van der Waals surface area contributed by atoms with Gasteiger partial charge in [-0.05, 0) is 45.0 Å². The highest BCUT2D eigenvalue weighted by Crippen LogP contribution is 2.19. The number of H-pyrrole nitrogens is 1. The van der Waals surface area contributed by atoms with Crippen molar-refractivity contribution in [2.45, 2.75) is 26.4 Å². The first-order valence-corrected chi connectivity index (χ1v) is 8.99. The molecule has 3 rings (SSSR count). The summed E-state index contributed by atoms with van der Waals surface area (Å²) < 4.78 is 19.9. The number of aromatic nitrogens is 2. The van der Waals surface area contributed by atoms with Gasteiger partial charge in [0.1, 0.15) is 5.60 Å². The zero-order valence-electron chi connectivity index (χ0n) is 16.1. The molecule has 0 aliphatic carbocycles. The maximum atomic E-state index is 13.5. The Bertz CT molecular complexity index is 967. The average molecular weight is 390 g/mol. The lowest BCUT2D eigenvalue weighted by Gasteiger charge is -2.36. The third-order valence-electron chi connectivity index (χ3n) is 4.32. The number of carbonyl (C=O) groups excluding carboxylic acids is 1. The predicted octanol–water partition coefficient (Wildman–Crippen LogP) is 1.72. The summed E-state index contributed by atoms with van der Waals surface area (Å²) in [4.78, 5) is 40.9. The standard InChI is InChI=1S/C19H23FN4O4/c1-19(2,3)28-18(27)23-10-8-22(9-11-23)13-4-6-14(7-5-13)24-12-15(20)16(25)21-17(24)26/h4-7,12H,8-11H2,1-3H3,(H,21,25,26). The number of aromatic amines is 1. The van der Waals surface area contributed by atoms with Gasteiger partial charge in [-0.3, -0.25) is 14.3 Å². The summed E-state index contributed by atoms with van der Waals surface area (Å²) in [5, 5.41) is 0. The van der Waals surface area contributed by atoms with E-state index in [1.165, 1.54) is 0 Å². The molecule has 2 heterocycles. The van der Waals surface area contributed by atoms with Gasteiger partial charge in [0.05, 0.1) is 11.9 Å². The summed E-state index contributed by atoms with van der Waals surface area (Å²) in [5.74, 6) is -1.03. The lowest BCUT2D eigenvalue weighted by molar-refractivity contribution is 0.0240. The molecule has 1 aliphatic rings. The van der Waals surface area contributed by atoms with E-state index in [0.29, 0.717) is 31.9 Å². The Morgan fingerprint density at radius 1 is 1.04 bits per heavy atom. The van der Waals surface area contributed by atoms with Crippen molar-refractivity contribution in [1.29, 1.82) is 0 Å². The molecule has 1 N–H and O–H groups in total. The second-order valence-corrected chi connectivity index (χ2v) is 7.58. The first kappa shape index (κ1) is 19.7. The van der Waals surface area contributed by atoms with Gasteiger partial charge < -0.3 is 14.5 Å². The smallest absolute Gasteiger partial charge is 0.410 e. The fraction of sp³-hybridized carbons (Fsp3) is 0.421. The van der Waals surface area contributed by atoms with Gasteiger partial charge in [0.2, 0.25) is 5.82 Å². The fourth-order valence-electron chi connectivity index (χ4n) is 2.94. The molecule has 0 saturated carbocycles. The van der Waals surface area contributed by atoms with Crippen LogP contribution in [0.2, 0.25) is 0 Å². The Kier molecular flexibility index (Phi) is 5.26. The fourth-order valence-corrected chi connectivity index (χ4v) is 2.94. The minimum Gasteiger partial charge on any atom is -0.444 e. The molecule has 0 atom stereocenters. The van der Waals surface area contributed by atoms with Gasteiger partial charge in [0.25, 0.3) is 5.56 Å². The second-order valence-electron chi connectivity index (χ2n) is 7.58. The van der Waals surface area contributed by atoms with Crippen LogP contribution in [0.25, 0.3) is 5.69 Å². The van der Waals surface area contributed by atoms with Crippen LogP contribution in [0.5, 0.6) is 0 Å². The van der Waals surface area contributed by atoms with E-state index >= 15 is 0 Å². The van der Waals surface area contributed by atoms with Gasteiger partial charge in [-0.15, -0.1) is 0 Å². The number of rotatable bonds is 2. The number of benzene rings is 1. The Labute approximate surface area is 161 Å². The normalized spacial score (nSPS) is 14.9. The summed E-state index contributed by atoms with van der Waals surface area (Å²) >= 11 is 0. The van der Waals surface area contributed by atoms with Gasteiger partial charge in [0.15, 0.2) is 0 Å². The van der Waals surface area contributed by atoms with Crippen LogP contribution in [0.4, 0.5) is 14.9 Å². The minimum absolute atomic E-state index is 0.318. The molecule has 9 heteroatoms. The first-order chi connectivity index (χ1) is 13.1. The number of ether oxygens (including phenoxy) is 1. The summed E-state index contributed by atoms with van der Waals surface area (Å²) in [6, 6.07) is 6.98. The Morgan fingerprint density at radius 2 is 1.61 bits per heavy atom. The maximum Gasteiger partial charge on any atom is 0.410 e. The molecule has 0 unspecified atom stereocenters. The highest BCUT2D eigenvalue weighted by molar-refractivity contribution is 5.68. The number of nitrogens with one attached hydrogen (secondary N) is 1. The zero-order valence-corrected chi connectivity index (χ0v) is 16.1. The van der Waals surface area contributed by atoms with Crippen LogP contribution in [-0.2, 0) is 4.74 Å². The van der Waals surface area contributed by atoms with Crippen molar-refractivity contribution >= 4 is 11.8 Å². The zero-order chi connectivity index (χ0) is 20.5. The third-order valence-corrected chi connectivity index (χ3v) is 4.32. The third kappa shape index (κ3) is 4.41. The van der Waals surface area contributed by atoms with Gasteiger partial charge in [-0.25, -0.2) is 9.59 Å². The van der Waals surface area contributed by atoms with Crippen molar-refractivity contribution in [1.82, 2.24) is 14.5 Å². The quantitative estimate of drug-likeness (QED) is 0.844. The van der Waals surface area contributed by atoms with Crippen LogP contribution in [0, 0.1) is 5.82 Å². The molecule has 1 amide bonds. The van der Waals surface area contributed by atoms with Crippen molar-refractivity contribution in [3.8, 4) is 5.69 Å². The Hall–Kier alpha value is -3.10. The summed E-state index contributed by atoms with van der Waals surface area (Å²) in [6.07, 6.45) is 0.553. The van der Waals surface area contributed by atoms with E-state index < -0.39 is 22.7 Å². The Balaban J connectivity index is 1.67. The molecular weight excluding hydrogens is 367 g/mol. The van der Waals surface area contributed by atoms with E-state index in [-0.39, 0.29) is 6.09 Å². The lowest BCUT2D eigenvalue weighted by Crippen LogP contribution is -2.50. The van der Waals surface area contributed by atoms with Crippen LogP contribution in [0.1, 0.15) is 20.8 Å². The molecule has 2 aromatic rings. The molecule has 28 heavy (non-hydrogen) atoms. The monoisotopic (exact) mass is 390 g/mol. The molecule has 0 radical (unpaired) electrons. The van der Waals surface area contributed by atoms with Gasteiger partial charge in [-0.2, -0.15) is 4.39 Å². The van der Waals surface area contributed by atoms with Gasteiger partial charge >= 0.3 is 11.8 Å². The highest BCUT2D eigenvalue weighted by atomic mass is 19.1. The highest BCUT2D eigenvalue weighted by Gasteiger charge is 2.25. The molecule has 1 aromatic heterocycles. The molecule has 1 fully saturated rings. The number of piperazine rings is 1. The molecule has 1 aliphatic heterocycles. The van der Waals surface area contributed by atoms with E-state index in [4.69, 9.17) is 4.74 Å². The van der Waals surface area contributed by atoms with Crippen LogP contribution in [-0.4, -0.2) is 52.3 Å². The number of halogens is 1. The minimum atomic E-state index is -1.04. The second kappa shape index (κ2) is 7.49.